The molecule has 1 aromatic rings. The maximum atomic E-state index is 5.59. The highest BCUT2D eigenvalue weighted by molar-refractivity contribution is 5.15. The van der Waals surface area contributed by atoms with Gasteiger partial charge in [-0.05, 0) is 19.8 Å². The molecule has 1 heterocycles. The highest BCUT2D eigenvalue weighted by atomic mass is 15.3. The monoisotopic (exact) mass is 181 g/mol. The Morgan fingerprint density at radius 3 is 2.46 bits per heavy atom. The molecule has 1 aromatic heterocycles. The van der Waals surface area contributed by atoms with E-state index in [2.05, 4.69) is 32.1 Å². The van der Waals surface area contributed by atoms with Crippen LogP contribution in [0.25, 0.3) is 0 Å². The number of aryl methyl sites for hydroxylation is 1. The predicted octanol–water partition coefficient (Wildman–Crippen LogP) is 1.87. The van der Waals surface area contributed by atoms with Gasteiger partial charge in [-0.15, -0.1) is 0 Å². The molecule has 0 amide bonds. The highest BCUT2D eigenvalue weighted by Crippen LogP contribution is 2.17. The average molecular weight is 181 g/mol. The van der Waals surface area contributed by atoms with E-state index in [-0.39, 0.29) is 0 Å². The average Bonchev–Trinajstić information content (AvgIpc) is 2.45. The van der Waals surface area contributed by atoms with Crippen LogP contribution in [0.3, 0.4) is 0 Å². The van der Waals surface area contributed by atoms with Gasteiger partial charge in [0.25, 0.3) is 0 Å². The van der Waals surface area contributed by atoms with Gasteiger partial charge in [0.15, 0.2) is 0 Å². The lowest BCUT2D eigenvalue weighted by Crippen LogP contribution is -2.11. The van der Waals surface area contributed by atoms with Crippen molar-refractivity contribution < 1.29 is 0 Å². The summed E-state index contributed by atoms with van der Waals surface area (Å²) >= 11 is 0. The summed E-state index contributed by atoms with van der Waals surface area (Å²) in [5.41, 5.74) is 7.78. The molecule has 3 nitrogen and oxygen atoms in total. The fourth-order valence-electron chi connectivity index (χ4n) is 1.23. The Labute approximate surface area is 79.9 Å². The van der Waals surface area contributed by atoms with E-state index >= 15 is 0 Å². The molecule has 13 heavy (non-hydrogen) atoms. The maximum absolute atomic E-state index is 5.59. The van der Waals surface area contributed by atoms with Crippen molar-refractivity contribution in [1.29, 1.82) is 0 Å². The number of nitrogens with two attached hydrogens (primary N) is 1. The van der Waals surface area contributed by atoms with Gasteiger partial charge >= 0.3 is 0 Å². The van der Waals surface area contributed by atoms with E-state index in [1.807, 2.05) is 11.6 Å². The number of hydrogen-bond acceptors (Lipinski definition) is 2. The number of aromatic nitrogens is 2. The molecule has 1 atom stereocenters. The van der Waals surface area contributed by atoms with Crippen molar-refractivity contribution in [2.24, 2.45) is 11.7 Å². The molecule has 74 valence electrons. The molecule has 0 saturated carbocycles. The molecule has 0 aliphatic heterocycles. The quantitative estimate of drug-likeness (QED) is 0.773. The van der Waals surface area contributed by atoms with Crippen LogP contribution in [0.5, 0.6) is 0 Å². The Bertz CT molecular complexity index is 276. The molecule has 3 heteroatoms. The van der Waals surface area contributed by atoms with Gasteiger partial charge in [-0.3, -0.25) is 4.68 Å². The first-order valence-corrected chi connectivity index (χ1v) is 4.81. The molecule has 0 saturated heterocycles. The van der Waals surface area contributed by atoms with Gasteiger partial charge in [-0.1, -0.05) is 13.8 Å². The SMILES string of the molecule is Cc1nn(C(C)C(C)C)cc1CN. The topological polar surface area (TPSA) is 43.8 Å². The standard InChI is InChI=1S/C10H19N3/c1-7(2)9(4)13-6-10(5-11)8(3)12-13/h6-7,9H,5,11H2,1-4H3. The largest absolute Gasteiger partial charge is 0.326 e. The summed E-state index contributed by atoms with van der Waals surface area (Å²) < 4.78 is 2.02. The Morgan fingerprint density at radius 2 is 2.08 bits per heavy atom. The Kier molecular flexibility index (Phi) is 3.09. The van der Waals surface area contributed by atoms with Crippen molar-refractivity contribution in [1.82, 2.24) is 9.78 Å². The normalized spacial score (nSPS) is 13.7. The number of nitrogens with zero attached hydrogens (tertiary/aromatic N) is 2. The van der Waals surface area contributed by atoms with Gasteiger partial charge in [0, 0.05) is 18.3 Å². The summed E-state index contributed by atoms with van der Waals surface area (Å²) in [6.45, 7) is 9.16. The molecule has 0 fully saturated rings. The number of hydrogen-bond donors (Lipinski definition) is 1. The maximum Gasteiger partial charge on any atom is 0.0638 e. The van der Waals surface area contributed by atoms with Crippen LogP contribution in [0.2, 0.25) is 0 Å². The lowest BCUT2D eigenvalue weighted by Gasteiger charge is -2.15. The Balaban J connectivity index is 2.90. The van der Waals surface area contributed by atoms with Crippen LogP contribution >= 0.6 is 0 Å². The highest BCUT2D eigenvalue weighted by Gasteiger charge is 2.11. The molecular formula is C10H19N3. The molecule has 2 N–H and O–H groups in total. The second-order valence-electron chi connectivity index (χ2n) is 3.91. The van der Waals surface area contributed by atoms with Gasteiger partial charge < -0.3 is 5.73 Å². The molecular weight excluding hydrogens is 162 g/mol. The van der Waals surface area contributed by atoms with Crippen LogP contribution in [-0.2, 0) is 6.54 Å². The van der Waals surface area contributed by atoms with Gasteiger partial charge in [-0.25, -0.2) is 0 Å². The van der Waals surface area contributed by atoms with E-state index in [0.29, 0.717) is 18.5 Å². The van der Waals surface area contributed by atoms with Crippen LogP contribution in [-0.4, -0.2) is 9.78 Å². The van der Waals surface area contributed by atoms with E-state index in [1.165, 1.54) is 0 Å². The van der Waals surface area contributed by atoms with E-state index in [4.69, 9.17) is 5.73 Å². The molecule has 1 rings (SSSR count). The molecule has 1 unspecified atom stereocenters. The first kappa shape index (κ1) is 10.3. The zero-order valence-electron chi connectivity index (χ0n) is 8.91. The summed E-state index contributed by atoms with van der Waals surface area (Å²) in [5.74, 6) is 0.602. The molecule has 0 spiro atoms. The first-order valence-electron chi connectivity index (χ1n) is 4.81. The minimum atomic E-state index is 0.444. The van der Waals surface area contributed by atoms with Crippen molar-refractivity contribution in [2.45, 2.75) is 40.3 Å². The van der Waals surface area contributed by atoms with Crippen LogP contribution < -0.4 is 5.73 Å². The van der Waals surface area contributed by atoms with Crippen LogP contribution in [0.1, 0.15) is 38.1 Å². The van der Waals surface area contributed by atoms with Gasteiger partial charge in [0.1, 0.15) is 0 Å². The zero-order valence-corrected chi connectivity index (χ0v) is 8.91. The zero-order chi connectivity index (χ0) is 10.0. The van der Waals surface area contributed by atoms with Crippen molar-refractivity contribution in [3.05, 3.63) is 17.5 Å². The summed E-state index contributed by atoms with van der Waals surface area (Å²) in [7, 11) is 0. The lowest BCUT2D eigenvalue weighted by atomic mass is 10.1. The third-order valence-electron chi connectivity index (χ3n) is 2.62. The van der Waals surface area contributed by atoms with Gasteiger partial charge in [0.05, 0.1) is 11.7 Å². The van der Waals surface area contributed by atoms with Gasteiger partial charge in [-0.2, -0.15) is 5.10 Å². The molecule has 0 aliphatic carbocycles. The lowest BCUT2D eigenvalue weighted by molar-refractivity contribution is 0.374. The smallest absolute Gasteiger partial charge is 0.0638 e. The minimum Gasteiger partial charge on any atom is -0.326 e. The first-order chi connectivity index (χ1) is 6.06. The van der Waals surface area contributed by atoms with E-state index in [1.54, 1.807) is 0 Å². The van der Waals surface area contributed by atoms with Crippen molar-refractivity contribution in [2.75, 3.05) is 0 Å². The van der Waals surface area contributed by atoms with Crippen molar-refractivity contribution >= 4 is 0 Å². The number of rotatable bonds is 3. The van der Waals surface area contributed by atoms with E-state index in [0.717, 1.165) is 11.3 Å². The third kappa shape index (κ3) is 2.10. The summed E-state index contributed by atoms with van der Waals surface area (Å²) in [6.07, 6.45) is 2.06. The molecule has 0 aromatic carbocycles. The minimum absolute atomic E-state index is 0.444. The van der Waals surface area contributed by atoms with E-state index in [9.17, 15) is 0 Å². The van der Waals surface area contributed by atoms with Crippen molar-refractivity contribution in [3.63, 3.8) is 0 Å². The van der Waals surface area contributed by atoms with Crippen LogP contribution in [0, 0.1) is 12.8 Å². The fraction of sp³-hybridized carbons (Fsp3) is 0.700. The fourth-order valence-corrected chi connectivity index (χ4v) is 1.23. The predicted molar refractivity (Wildman–Crippen MR) is 54.4 cm³/mol. The van der Waals surface area contributed by atoms with Crippen molar-refractivity contribution in [3.8, 4) is 0 Å². The third-order valence-corrected chi connectivity index (χ3v) is 2.62. The molecule has 0 bridgehead atoms. The summed E-state index contributed by atoms with van der Waals surface area (Å²) in [5, 5.41) is 4.44. The second kappa shape index (κ2) is 3.92. The summed E-state index contributed by atoms with van der Waals surface area (Å²) in [6, 6.07) is 0.444. The van der Waals surface area contributed by atoms with Gasteiger partial charge in [0.2, 0.25) is 0 Å². The van der Waals surface area contributed by atoms with Crippen LogP contribution in [0.15, 0.2) is 6.20 Å². The molecule has 0 aliphatic rings. The Hall–Kier alpha value is -0.830. The Morgan fingerprint density at radius 1 is 1.46 bits per heavy atom. The molecule has 0 radical (unpaired) electrons. The van der Waals surface area contributed by atoms with Crippen LogP contribution in [0.4, 0.5) is 0 Å². The summed E-state index contributed by atoms with van der Waals surface area (Å²) in [4.78, 5) is 0. The van der Waals surface area contributed by atoms with E-state index < -0.39 is 0 Å². The second-order valence-corrected chi connectivity index (χ2v) is 3.91.